The van der Waals surface area contributed by atoms with Crippen LogP contribution in [0.1, 0.15) is 86.0 Å². The highest BCUT2D eigenvalue weighted by molar-refractivity contribution is 5.80. The van der Waals surface area contributed by atoms with Crippen LogP contribution in [0.25, 0.3) is 0 Å². The van der Waals surface area contributed by atoms with Crippen LogP contribution in [-0.2, 0) is 4.79 Å². The van der Waals surface area contributed by atoms with Crippen molar-refractivity contribution in [2.75, 3.05) is 0 Å². The lowest BCUT2D eigenvalue weighted by Crippen LogP contribution is -2.65. The van der Waals surface area contributed by atoms with E-state index in [1.165, 1.54) is 32.1 Å². The molecule has 4 aliphatic carbocycles. The SMILES string of the molecule is C[C@@]12CC[C@@H]3[C@](C)(CC[C@]4(C)C=CC[C@@]34C)[C@@]1(C)CCC(=O)C2. The van der Waals surface area contributed by atoms with Crippen LogP contribution in [0, 0.1) is 33.0 Å². The molecule has 23 heavy (non-hydrogen) atoms. The fraction of sp³-hybridized carbons (Fsp3) is 0.864. The molecule has 1 nitrogen and oxygen atoms in total. The molecule has 0 N–H and O–H groups in total. The molecule has 128 valence electrons. The molecule has 4 rings (SSSR count). The van der Waals surface area contributed by atoms with Crippen LogP contribution in [0.2, 0.25) is 0 Å². The highest BCUT2D eigenvalue weighted by Gasteiger charge is 2.69. The summed E-state index contributed by atoms with van der Waals surface area (Å²) in [5.41, 5.74) is 1.76. The van der Waals surface area contributed by atoms with Gasteiger partial charge >= 0.3 is 0 Å². The zero-order valence-electron chi connectivity index (χ0n) is 15.8. The van der Waals surface area contributed by atoms with Crippen molar-refractivity contribution in [3.05, 3.63) is 12.2 Å². The molecule has 6 atom stereocenters. The summed E-state index contributed by atoms with van der Waals surface area (Å²) in [6.45, 7) is 12.7. The second kappa shape index (κ2) is 4.33. The van der Waals surface area contributed by atoms with Crippen LogP contribution in [0.5, 0.6) is 0 Å². The second-order valence-electron chi connectivity index (χ2n) is 10.6. The zero-order valence-corrected chi connectivity index (χ0v) is 15.8. The topological polar surface area (TPSA) is 17.1 Å². The second-order valence-corrected chi connectivity index (χ2v) is 10.6. The predicted molar refractivity (Wildman–Crippen MR) is 95.1 cm³/mol. The lowest BCUT2D eigenvalue weighted by atomic mass is 9.32. The third kappa shape index (κ3) is 1.63. The third-order valence-electron chi connectivity index (χ3n) is 10.1. The third-order valence-corrected chi connectivity index (χ3v) is 10.1. The van der Waals surface area contributed by atoms with E-state index >= 15 is 0 Å². The largest absolute Gasteiger partial charge is 0.300 e. The lowest BCUT2D eigenvalue weighted by Gasteiger charge is -2.72. The van der Waals surface area contributed by atoms with E-state index in [0.717, 1.165) is 25.2 Å². The summed E-state index contributed by atoms with van der Waals surface area (Å²) in [4.78, 5) is 12.2. The lowest BCUT2D eigenvalue weighted by molar-refractivity contribution is -0.224. The summed E-state index contributed by atoms with van der Waals surface area (Å²) in [5.74, 6) is 1.32. The van der Waals surface area contributed by atoms with Gasteiger partial charge in [0.2, 0.25) is 0 Å². The maximum atomic E-state index is 12.2. The number of hydrogen-bond acceptors (Lipinski definition) is 1. The maximum absolute atomic E-state index is 12.2. The average Bonchev–Trinajstić information content (AvgIpc) is 2.78. The molecule has 0 bridgehead atoms. The molecule has 0 radical (unpaired) electrons. The molecule has 3 saturated carbocycles. The van der Waals surface area contributed by atoms with Gasteiger partial charge in [-0.2, -0.15) is 0 Å². The summed E-state index contributed by atoms with van der Waals surface area (Å²) in [5, 5.41) is 0. The van der Waals surface area contributed by atoms with Crippen LogP contribution >= 0.6 is 0 Å². The van der Waals surface area contributed by atoms with Crippen molar-refractivity contribution in [3.63, 3.8) is 0 Å². The number of carbonyl (C=O) groups excluding carboxylic acids is 1. The minimum atomic E-state index is 0.226. The number of rotatable bonds is 0. The molecule has 0 aromatic rings. The van der Waals surface area contributed by atoms with Crippen LogP contribution in [-0.4, -0.2) is 5.78 Å². The number of ketones is 1. The van der Waals surface area contributed by atoms with Crippen LogP contribution in [0.4, 0.5) is 0 Å². The minimum Gasteiger partial charge on any atom is -0.300 e. The fourth-order valence-corrected chi connectivity index (χ4v) is 7.80. The minimum absolute atomic E-state index is 0.226. The maximum Gasteiger partial charge on any atom is 0.133 e. The monoisotopic (exact) mass is 314 g/mol. The average molecular weight is 315 g/mol. The Bertz CT molecular complexity index is 591. The molecule has 3 fully saturated rings. The van der Waals surface area contributed by atoms with Gasteiger partial charge in [0.1, 0.15) is 5.78 Å². The molecular formula is C22H34O. The summed E-state index contributed by atoms with van der Waals surface area (Å²) in [7, 11) is 0. The zero-order chi connectivity index (χ0) is 16.7. The van der Waals surface area contributed by atoms with Crippen LogP contribution < -0.4 is 0 Å². The first kappa shape index (κ1) is 15.9. The summed E-state index contributed by atoms with van der Waals surface area (Å²) in [6, 6.07) is 0. The quantitative estimate of drug-likeness (QED) is 0.506. The van der Waals surface area contributed by atoms with Gasteiger partial charge in [-0.15, -0.1) is 0 Å². The Morgan fingerprint density at radius 3 is 2.43 bits per heavy atom. The smallest absolute Gasteiger partial charge is 0.133 e. The fourth-order valence-electron chi connectivity index (χ4n) is 7.80. The molecule has 1 heteroatoms. The van der Waals surface area contributed by atoms with Gasteiger partial charge in [-0.25, -0.2) is 0 Å². The highest BCUT2D eigenvalue weighted by atomic mass is 16.1. The molecule has 0 unspecified atom stereocenters. The standard InChI is InChI=1S/C22H34O/c1-18-9-6-10-20(18,3)17-8-11-19(2)15-16(23)7-12-22(19,5)21(17,4)14-13-18/h6,9,17H,7-8,10-15H2,1-5H3/t17-,18-,19-,20-,21-,22-/m0/s1. The number of Topliss-reactive ketones (excluding diaryl/α,β-unsaturated/α-hetero) is 1. The van der Waals surface area contributed by atoms with Crippen molar-refractivity contribution in [2.45, 2.75) is 86.0 Å². The normalized spacial score (nSPS) is 58.5. The highest BCUT2D eigenvalue weighted by Crippen LogP contribution is 2.77. The van der Waals surface area contributed by atoms with E-state index < -0.39 is 0 Å². The van der Waals surface area contributed by atoms with Crippen molar-refractivity contribution in [3.8, 4) is 0 Å². The first-order chi connectivity index (χ1) is 10.6. The molecule has 0 saturated heterocycles. The van der Waals surface area contributed by atoms with Gasteiger partial charge in [-0.3, -0.25) is 4.79 Å². The summed E-state index contributed by atoms with van der Waals surface area (Å²) >= 11 is 0. The van der Waals surface area contributed by atoms with Gasteiger partial charge in [0.15, 0.2) is 0 Å². The Morgan fingerprint density at radius 2 is 1.70 bits per heavy atom. The molecule has 0 spiro atoms. The van der Waals surface area contributed by atoms with Crippen LogP contribution in [0.15, 0.2) is 12.2 Å². The van der Waals surface area contributed by atoms with E-state index in [0.29, 0.717) is 27.4 Å². The molecule has 4 aliphatic rings. The van der Waals surface area contributed by atoms with Gasteiger partial charge in [0.05, 0.1) is 0 Å². The molecule has 0 aromatic heterocycles. The van der Waals surface area contributed by atoms with E-state index in [9.17, 15) is 4.79 Å². The van der Waals surface area contributed by atoms with E-state index in [1.807, 2.05) is 0 Å². The molecule has 0 aromatic carbocycles. The van der Waals surface area contributed by atoms with Gasteiger partial charge in [0, 0.05) is 12.8 Å². The molecule has 0 amide bonds. The van der Waals surface area contributed by atoms with Gasteiger partial charge in [0.25, 0.3) is 0 Å². The van der Waals surface area contributed by atoms with E-state index in [-0.39, 0.29) is 5.41 Å². The molecule has 0 heterocycles. The predicted octanol–water partition coefficient (Wildman–Crippen LogP) is 5.93. The molecule has 0 aliphatic heterocycles. The Balaban J connectivity index is 1.81. The van der Waals surface area contributed by atoms with Gasteiger partial charge in [-0.1, -0.05) is 46.8 Å². The number of fused-ring (bicyclic) bond motifs is 5. The molecular weight excluding hydrogens is 280 g/mol. The Labute approximate surface area is 142 Å². The first-order valence-corrected chi connectivity index (χ1v) is 9.80. The van der Waals surface area contributed by atoms with Crippen molar-refractivity contribution in [1.29, 1.82) is 0 Å². The number of allylic oxidation sites excluding steroid dienone is 2. The Hall–Kier alpha value is -0.590. The Kier molecular flexibility index (Phi) is 2.99. The van der Waals surface area contributed by atoms with Gasteiger partial charge in [-0.05, 0) is 71.5 Å². The van der Waals surface area contributed by atoms with Crippen LogP contribution in [0.3, 0.4) is 0 Å². The van der Waals surface area contributed by atoms with Gasteiger partial charge < -0.3 is 0 Å². The Morgan fingerprint density at radius 1 is 0.957 bits per heavy atom. The number of hydrogen-bond donors (Lipinski definition) is 0. The van der Waals surface area contributed by atoms with E-state index in [2.05, 4.69) is 46.8 Å². The number of carbonyl (C=O) groups is 1. The van der Waals surface area contributed by atoms with Crippen molar-refractivity contribution < 1.29 is 4.79 Å². The first-order valence-electron chi connectivity index (χ1n) is 9.80. The summed E-state index contributed by atoms with van der Waals surface area (Å²) in [6.07, 6.45) is 14.3. The van der Waals surface area contributed by atoms with E-state index in [1.54, 1.807) is 0 Å². The summed E-state index contributed by atoms with van der Waals surface area (Å²) < 4.78 is 0. The van der Waals surface area contributed by atoms with Crippen molar-refractivity contribution in [2.24, 2.45) is 33.0 Å². The van der Waals surface area contributed by atoms with E-state index in [4.69, 9.17) is 0 Å². The van der Waals surface area contributed by atoms with Crippen molar-refractivity contribution in [1.82, 2.24) is 0 Å². The van der Waals surface area contributed by atoms with Crippen molar-refractivity contribution >= 4 is 5.78 Å².